The lowest BCUT2D eigenvalue weighted by molar-refractivity contribution is -0.135. The summed E-state index contributed by atoms with van der Waals surface area (Å²) in [5.74, 6) is -1.39. The highest BCUT2D eigenvalue weighted by molar-refractivity contribution is 6.00. The van der Waals surface area contributed by atoms with Crippen molar-refractivity contribution in [2.75, 3.05) is 70.8 Å². The molecule has 3 amide bonds. The number of aryl methyl sites for hydroxylation is 2. The number of pyridine rings is 2. The lowest BCUT2D eigenvalue weighted by Crippen LogP contribution is -2.48. The van der Waals surface area contributed by atoms with E-state index in [-0.39, 0.29) is 53.8 Å². The molecule has 0 bridgehead atoms. The van der Waals surface area contributed by atoms with Gasteiger partial charge in [0.05, 0.1) is 16.7 Å². The summed E-state index contributed by atoms with van der Waals surface area (Å²) in [6, 6.07) is 11.6. The van der Waals surface area contributed by atoms with Crippen molar-refractivity contribution < 1.29 is 23.2 Å². The number of amides is 3. The number of carbonyl (C=O) groups excluding carboxylic acids is 3. The van der Waals surface area contributed by atoms with Crippen LogP contribution in [-0.2, 0) is 29.6 Å². The minimum atomic E-state index is -0.857. The molecular weight excluding hydrogens is 945 g/mol. The van der Waals surface area contributed by atoms with Gasteiger partial charge >= 0.3 is 5.69 Å². The van der Waals surface area contributed by atoms with E-state index in [1.54, 1.807) is 21.4 Å². The Morgan fingerprint density at radius 3 is 2.34 bits per heavy atom. The molecule has 6 aliphatic rings. The molecule has 2 aromatic carbocycles. The van der Waals surface area contributed by atoms with Crippen LogP contribution < -0.4 is 21.9 Å². The van der Waals surface area contributed by atoms with Crippen LogP contribution in [0.15, 0.2) is 70.5 Å². The summed E-state index contributed by atoms with van der Waals surface area (Å²) in [6.07, 6.45) is 10.8. The van der Waals surface area contributed by atoms with Gasteiger partial charge in [-0.15, -0.1) is 0 Å². The summed E-state index contributed by atoms with van der Waals surface area (Å²) >= 11 is 0. The average molecular weight is 1010 g/mol. The lowest BCUT2D eigenvalue weighted by atomic mass is 9.92. The molecule has 2 N–H and O–H groups in total. The number of nitrogens with zero attached hydrogens (tertiary/aromatic N) is 9. The standard InChI is InChI=1S/C56H63F2N11O5/c1-33-26-37(27-43(58)51(33)36-12-19-65(20-13-36)34(2)47-29-41-45(9-16-60-52(41)62(47)3)67-21-14-44-40(55(67)73)8-15-59-44)54(72)66-17-10-35(11-18-66)31-63-22-24-64(25-23-63)32-38-28-48-49(30-42(38)57)69(56(74)68(48)39-4-5-39)46-6-7-50(70)61-53(46)71/h9,12,14,16,21,26-30,34-35,39,46,59H,4-8,10-11,13,15,17-20,22-25,31-32H2,1-3H3,(H,61,70,71)/t34-,46-/m0/s1. The van der Waals surface area contributed by atoms with Crippen molar-refractivity contribution >= 4 is 51.0 Å². The largest absolute Gasteiger partial charge is 0.384 e. The van der Waals surface area contributed by atoms with Gasteiger partial charge in [-0.1, -0.05) is 6.08 Å². The van der Waals surface area contributed by atoms with Crippen molar-refractivity contribution in [1.82, 2.24) is 48.2 Å². The Morgan fingerprint density at radius 1 is 0.838 bits per heavy atom. The van der Waals surface area contributed by atoms with E-state index in [4.69, 9.17) is 4.98 Å². The summed E-state index contributed by atoms with van der Waals surface area (Å²) in [7, 11) is 2.01. The first-order chi connectivity index (χ1) is 35.8. The molecule has 0 spiro atoms. The fraction of sp³-hybridized carbons (Fsp3) is 0.464. The smallest absolute Gasteiger partial charge is 0.330 e. The first-order valence-corrected chi connectivity index (χ1v) is 26.5. The zero-order valence-electron chi connectivity index (χ0n) is 42.3. The number of piperidine rings is 2. The molecule has 9 heterocycles. The van der Waals surface area contributed by atoms with Crippen molar-refractivity contribution in [3.63, 3.8) is 0 Å². The van der Waals surface area contributed by atoms with Gasteiger partial charge < -0.3 is 19.7 Å². The van der Waals surface area contributed by atoms with Gasteiger partial charge in [-0.25, -0.2) is 18.6 Å². The van der Waals surface area contributed by atoms with Crippen molar-refractivity contribution in [3.8, 4) is 5.69 Å². The predicted molar refractivity (Wildman–Crippen MR) is 278 cm³/mol. The van der Waals surface area contributed by atoms with Crippen LogP contribution >= 0.6 is 0 Å². The van der Waals surface area contributed by atoms with E-state index in [1.165, 1.54) is 16.7 Å². The first-order valence-electron chi connectivity index (χ1n) is 26.5. The summed E-state index contributed by atoms with van der Waals surface area (Å²) < 4.78 is 39.0. The van der Waals surface area contributed by atoms with E-state index in [2.05, 4.69) is 49.0 Å². The Kier molecular flexibility index (Phi) is 12.5. The van der Waals surface area contributed by atoms with Gasteiger partial charge in [-0.05, 0) is 112 Å². The molecule has 5 aliphatic heterocycles. The number of halogens is 2. The summed E-state index contributed by atoms with van der Waals surface area (Å²) in [4.78, 5) is 79.4. The van der Waals surface area contributed by atoms with Gasteiger partial charge in [0, 0.05) is 155 Å². The van der Waals surface area contributed by atoms with E-state index < -0.39 is 17.8 Å². The lowest BCUT2D eigenvalue weighted by Gasteiger charge is -2.39. The molecule has 4 fully saturated rings. The SMILES string of the molecule is Cc1cc(C(=O)N2CCC(CN3CCN(Cc4cc5c(cc4F)n([C@H]4CCC(=O)NC4=O)c(=O)n5C4CC4)CC3)CC2)cc(F)c1C1=CCN([C@@H](C)c2cc3c(-n4ccc5c(c4=O)CCN5)ccnc3n2C)CC1. The van der Waals surface area contributed by atoms with Crippen LogP contribution in [0, 0.1) is 24.5 Å². The van der Waals surface area contributed by atoms with Crippen molar-refractivity contribution in [2.45, 2.75) is 89.9 Å². The fourth-order valence-electron chi connectivity index (χ4n) is 12.6. The molecule has 3 saturated heterocycles. The number of fused-ring (bicyclic) bond motifs is 3. The Hall–Kier alpha value is -6.76. The third-order valence-corrected chi connectivity index (χ3v) is 16.9. The number of hydrogen-bond acceptors (Lipinski definition) is 10. The zero-order valence-corrected chi connectivity index (χ0v) is 42.3. The van der Waals surface area contributed by atoms with Gasteiger partial charge in [-0.3, -0.25) is 48.0 Å². The number of anilines is 1. The molecule has 6 aromatic rings. The maximum absolute atomic E-state index is 16.2. The monoisotopic (exact) mass is 1010 g/mol. The molecule has 4 aromatic heterocycles. The van der Waals surface area contributed by atoms with Gasteiger partial charge in [0.25, 0.3) is 11.5 Å². The van der Waals surface area contributed by atoms with Crippen molar-refractivity contribution in [1.29, 1.82) is 0 Å². The van der Waals surface area contributed by atoms with Crippen LogP contribution in [0.1, 0.15) is 108 Å². The highest BCUT2D eigenvalue weighted by Gasteiger charge is 2.36. The Balaban J connectivity index is 0.639. The highest BCUT2D eigenvalue weighted by Crippen LogP contribution is 2.39. The van der Waals surface area contributed by atoms with Gasteiger partial charge in [0.1, 0.15) is 23.3 Å². The topological polar surface area (TPSA) is 155 Å². The second kappa shape index (κ2) is 19.2. The highest BCUT2D eigenvalue weighted by atomic mass is 19.1. The molecule has 1 aliphatic carbocycles. The number of imide groups is 1. The number of hydrogen-bond donors (Lipinski definition) is 2. The summed E-state index contributed by atoms with van der Waals surface area (Å²) in [6.45, 7) is 11.9. The Labute approximate surface area is 427 Å². The predicted octanol–water partition coefficient (Wildman–Crippen LogP) is 6.23. The van der Waals surface area contributed by atoms with Gasteiger partial charge in [-0.2, -0.15) is 0 Å². The van der Waals surface area contributed by atoms with Crippen LogP contribution in [-0.4, -0.2) is 126 Å². The Morgan fingerprint density at radius 2 is 1.61 bits per heavy atom. The maximum atomic E-state index is 16.2. The number of piperazine rings is 1. The number of imidazole rings is 1. The average Bonchev–Trinajstić information content (AvgIpc) is 3.89. The van der Waals surface area contributed by atoms with Crippen molar-refractivity contribution in [2.24, 2.45) is 13.0 Å². The maximum Gasteiger partial charge on any atom is 0.330 e. The van der Waals surface area contributed by atoms with Crippen LogP contribution in [0.2, 0.25) is 0 Å². The molecule has 18 heteroatoms. The number of likely N-dealkylation sites (tertiary alicyclic amines) is 1. The molecule has 2 atom stereocenters. The molecule has 0 radical (unpaired) electrons. The Bertz CT molecular complexity index is 3400. The third kappa shape index (κ3) is 8.67. The third-order valence-electron chi connectivity index (χ3n) is 16.9. The fourth-order valence-corrected chi connectivity index (χ4v) is 12.6. The van der Waals surface area contributed by atoms with E-state index in [0.29, 0.717) is 72.7 Å². The first kappa shape index (κ1) is 48.2. The molecule has 12 rings (SSSR count). The second-order valence-corrected chi connectivity index (χ2v) is 21.5. The number of benzene rings is 2. The normalized spacial score (nSPS) is 20.8. The molecule has 74 heavy (non-hydrogen) atoms. The molecule has 0 unspecified atom stereocenters. The summed E-state index contributed by atoms with van der Waals surface area (Å²) in [5, 5.41) is 6.54. The van der Waals surface area contributed by atoms with Crippen molar-refractivity contribution in [3.05, 3.63) is 127 Å². The zero-order chi connectivity index (χ0) is 51.1. The van der Waals surface area contributed by atoms with Crippen LogP contribution in [0.25, 0.3) is 33.3 Å². The quantitative estimate of drug-likeness (QED) is 0.143. The minimum Gasteiger partial charge on any atom is -0.384 e. The van der Waals surface area contributed by atoms with E-state index >= 15 is 8.78 Å². The number of nitrogens with one attached hydrogen (secondary N) is 2. The molecule has 386 valence electrons. The molecule has 1 saturated carbocycles. The minimum absolute atomic E-state index is 0.00884. The van der Waals surface area contributed by atoms with E-state index in [1.807, 2.05) is 43.3 Å². The van der Waals surface area contributed by atoms with E-state index in [0.717, 1.165) is 116 Å². The van der Waals surface area contributed by atoms with Crippen LogP contribution in [0.4, 0.5) is 14.5 Å². The van der Waals surface area contributed by atoms with Gasteiger partial charge in [0.15, 0.2) is 0 Å². The second-order valence-electron chi connectivity index (χ2n) is 21.5. The molecule has 16 nitrogen and oxygen atoms in total. The number of rotatable bonds is 11. The number of carbonyl (C=O) groups is 3. The van der Waals surface area contributed by atoms with E-state index in [9.17, 15) is 24.0 Å². The van der Waals surface area contributed by atoms with Crippen LogP contribution in [0.3, 0.4) is 0 Å². The summed E-state index contributed by atoms with van der Waals surface area (Å²) in [5.41, 5.74) is 8.26. The van der Waals surface area contributed by atoms with Crippen LogP contribution in [0.5, 0.6) is 0 Å². The molecular formula is C56H63F2N11O5. The van der Waals surface area contributed by atoms with Gasteiger partial charge in [0.2, 0.25) is 11.8 Å². The number of aromatic nitrogens is 5.